The number of hydrogen-bond acceptors (Lipinski definition) is 4. The average Bonchev–Trinajstić information content (AvgIpc) is 2.97. The predicted octanol–water partition coefficient (Wildman–Crippen LogP) is 5.05. The standard InChI is InChI=1S/C26H24ClNO4/c1-3-32-21-11-8-18(9-12-21)24(29)15-26(31)22-14-20(27)10-13-23(22)28(25(26)30)16-19-7-5-4-6-17(19)2/h4-14,31H,3,15-16H2,1-2H3/t26-/m0/s1. The molecule has 0 aliphatic carbocycles. The number of anilines is 1. The molecule has 0 spiro atoms. The van der Waals surface area contributed by atoms with E-state index in [1.807, 2.05) is 38.1 Å². The normalized spacial score (nSPS) is 17.4. The molecule has 4 rings (SSSR count). The maximum Gasteiger partial charge on any atom is 0.264 e. The topological polar surface area (TPSA) is 66.8 Å². The molecular formula is C26H24ClNO4. The van der Waals surface area contributed by atoms with Crippen LogP contribution in [-0.4, -0.2) is 23.4 Å². The summed E-state index contributed by atoms with van der Waals surface area (Å²) in [7, 11) is 0. The molecule has 164 valence electrons. The van der Waals surface area contributed by atoms with Crippen LogP contribution in [0.3, 0.4) is 0 Å². The first-order valence-electron chi connectivity index (χ1n) is 10.5. The SMILES string of the molecule is CCOc1ccc(C(=O)C[C@@]2(O)C(=O)N(Cc3ccccc3C)c3ccc(Cl)cc32)cc1. The Kier molecular flexibility index (Phi) is 6.04. The second-order valence-corrected chi connectivity index (χ2v) is 8.33. The van der Waals surface area contributed by atoms with Crippen LogP contribution in [0.4, 0.5) is 5.69 Å². The molecular weight excluding hydrogens is 426 g/mol. The van der Waals surface area contributed by atoms with Crippen molar-refractivity contribution in [2.24, 2.45) is 0 Å². The summed E-state index contributed by atoms with van der Waals surface area (Å²) in [5, 5.41) is 11.9. The van der Waals surface area contributed by atoms with Crippen molar-refractivity contribution in [3.63, 3.8) is 0 Å². The number of aryl methyl sites for hydroxylation is 1. The van der Waals surface area contributed by atoms with E-state index in [4.69, 9.17) is 16.3 Å². The predicted molar refractivity (Wildman–Crippen MR) is 124 cm³/mol. The smallest absolute Gasteiger partial charge is 0.264 e. The summed E-state index contributed by atoms with van der Waals surface area (Å²) >= 11 is 6.19. The van der Waals surface area contributed by atoms with Crippen molar-refractivity contribution < 1.29 is 19.4 Å². The Morgan fingerprint density at radius 3 is 2.50 bits per heavy atom. The van der Waals surface area contributed by atoms with E-state index in [1.54, 1.807) is 42.5 Å². The van der Waals surface area contributed by atoms with Gasteiger partial charge in [0.2, 0.25) is 0 Å². The number of Topliss-reactive ketones (excluding diaryl/α,β-unsaturated/α-hetero) is 1. The van der Waals surface area contributed by atoms with E-state index >= 15 is 0 Å². The van der Waals surface area contributed by atoms with Crippen LogP contribution in [0, 0.1) is 6.92 Å². The molecule has 0 saturated carbocycles. The van der Waals surface area contributed by atoms with Crippen molar-refractivity contribution in [3.8, 4) is 5.75 Å². The number of rotatable bonds is 7. The van der Waals surface area contributed by atoms with Gasteiger partial charge in [0.1, 0.15) is 5.75 Å². The second kappa shape index (κ2) is 8.77. The fourth-order valence-corrected chi connectivity index (χ4v) is 4.22. The highest BCUT2D eigenvalue weighted by atomic mass is 35.5. The van der Waals surface area contributed by atoms with Crippen molar-refractivity contribution in [3.05, 3.63) is 94.0 Å². The average molecular weight is 450 g/mol. The van der Waals surface area contributed by atoms with Gasteiger partial charge in [-0.15, -0.1) is 0 Å². The molecule has 1 atom stereocenters. The molecule has 1 N–H and O–H groups in total. The Morgan fingerprint density at radius 2 is 1.81 bits per heavy atom. The van der Waals surface area contributed by atoms with Gasteiger partial charge in [0, 0.05) is 16.1 Å². The second-order valence-electron chi connectivity index (χ2n) is 7.90. The van der Waals surface area contributed by atoms with Crippen molar-refractivity contribution in [1.82, 2.24) is 0 Å². The largest absolute Gasteiger partial charge is 0.494 e. The molecule has 3 aromatic rings. The summed E-state index contributed by atoms with van der Waals surface area (Å²) in [4.78, 5) is 28.0. The van der Waals surface area contributed by atoms with Gasteiger partial charge in [-0.3, -0.25) is 9.59 Å². The number of aliphatic hydroxyl groups is 1. The highest BCUT2D eigenvalue weighted by Gasteiger charge is 2.51. The molecule has 3 aromatic carbocycles. The lowest BCUT2D eigenvalue weighted by Crippen LogP contribution is -2.41. The van der Waals surface area contributed by atoms with Crippen LogP contribution in [-0.2, 0) is 16.9 Å². The minimum Gasteiger partial charge on any atom is -0.494 e. The lowest BCUT2D eigenvalue weighted by atomic mass is 9.88. The molecule has 1 heterocycles. The van der Waals surface area contributed by atoms with Crippen LogP contribution in [0.25, 0.3) is 0 Å². The van der Waals surface area contributed by atoms with Crippen molar-refractivity contribution in [1.29, 1.82) is 0 Å². The van der Waals surface area contributed by atoms with Gasteiger partial charge in [-0.25, -0.2) is 0 Å². The number of carbonyl (C=O) groups excluding carboxylic acids is 2. The molecule has 0 aromatic heterocycles. The number of nitrogens with zero attached hydrogens (tertiary/aromatic N) is 1. The van der Waals surface area contributed by atoms with Gasteiger partial charge >= 0.3 is 0 Å². The zero-order valence-electron chi connectivity index (χ0n) is 18.0. The lowest BCUT2D eigenvalue weighted by Gasteiger charge is -2.23. The molecule has 0 saturated heterocycles. The van der Waals surface area contributed by atoms with Crippen LogP contribution >= 0.6 is 11.6 Å². The molecule has 0 radical (unpaired) electrons. The first-order valence-corrected chi connectivity index (χ1v) is 10.9. The Balaban J connectivity index is 1.67. The zero-order valence-corrected chi connectivity index (χ0v) is 18.7. The number of hydrogen-bond donors (Lipinski definition) is 1. The summed E-state index contributed by atoms with van der Waals surface area (Å²) in [6, 6.07) is 19.4. The fourth-order valence-electron chi connectivity index (χ4n) is 4.05. The third kappa shape index (κ3) is 4.01. The first kappa shape index (κ1) is 22.1. The Morgan fingerprint density at radius 1 is 1.09 bits per heavy atom. The van der Waals surface area contributed by atoms with E-state index in [2.05, 4.69) is 0 Å². The van der Waals surface area contributed by atoms with Crippen molar-refractivity contribution >= 4 is 29.0 Å². The number of amides is 1. The molecule has 6 heteroatoms. The molecule has 1 aliphatic heterocycles. The molecule has 1 amide bonds. The van der Waals surface area contributed by atoms with Crippen LogP contribution in [0.5, 0.6) is 5.75 Å². The monoisotopic (exact) mass is 449 g/mol. The molecule has 0 bridgehead atoms. The van der Waals surface area contributed by atoms with Gasteiger partial charge in [0.15, 0.2) is 11.4 Å². The van der Waals surface area contributed by atoms with E-state index in [1.165, 1.54) is 4.90 Å². The molecule has 0 fully saturated rings. The summed E-state index contributed by atoms with van der Waals surface area (Å²) in [6.45, 7) is 4.67. The van der Waals surface area contributed by atoms with Crippen molar-refractivity contribution in [2.45, 2.75) is 32.4 Å². The van der Waals surface area contributed by atoms with E-state index in [-0.39, 0.29) is 12.2 Å². The number of carbonyl (C=O) groups is 2. The van der Waals surface area contributed by atoms with E-state index in [0.717, 1.165) is 11.1 Å². The van der Waals surface area contributed by atoms with Gasteiger partial charge < -0.3 is 14.7 Å². The maximum atomic E-state index is 13.5. The first-order chi connectivity index (χ1) is 15.3. The quantitative estimate of drug-likeness (QED) is 0.512. The Hall–Kier alpha value is -3.15. The third-order valence-electron chi connectivity index (χ3n) is 5.79. The number of ether oxygens (including phenoxy) is 1. The van der Waals surface area contributed by atoms with Crippen LogP contribution in [0.2, 0.25) is 5.02 Å². The number of ketones is 1. The van der Waals surface area contributed by atoms with Crippen molar-refractivity contribution in [2.75, 3.05) is 11.5 Å². The minimum atomic E-state index is -1.99. The number of benzene rings is 3. The summed E-state index contributed by atoms with van der Waals surface area (Å²) in [5.41, 5.74) is 1.32. The molecule has 0 unspecified atom stereocenters. The van der Waals surface area contributed by atoms with Crippen LogP contribution in [0.1, 0.15) is 40.4 Å². The van der Waals surface area contributed by atoms with Crippen LogP contribution in [0.15, 0.2) is 66.7 Å². The summed E-state index contributed by atoms with van der Waals surface area (Å²) < 4.78 is 5.41. The highest BCUT2D eigenvalue weighted by Crippen LogP contribution is 2.45. The summed E-state index contributed by atoms with van der Waals surface area (Å²) in [6.07, 6.45) is -0.378. The fraction of sp³-hybridized carbons (Fsp3) is 0.231. The van der Waals surface area contributed by atoms with E-state index < -0.39 is 11.5 Å². The molecule has 1 aliphatic rings. The van der Waals surface area contributed by atoms with Gasteiger partial charge in [0.25, 0.3) is 5.91 Å². The van der Waals surface area contributed by atoms with Gasteiger partial charge in [0.05, 0.1) is 25.3 Å². The Labute approximate surface area is 192 Å². The molecule has 5 nitrogen and oxygen atoms in total. The van der Waals surface area contributed by atoms with E-state index in [9.17, 15) is 14.7 Å². The van der Waals surface area contributed by atoms with Gasteiger partial charge in [-0.1, -0.05) is 35.9 Å². The Bertz CT molecular complexity index is 1170. The number of fused-ring (bicyclic) bond motifs is 1. The van der Waals surface area contributed by atoms with Gasteiger partial charge in [-0.2, -0.15) is 0 Å². The van der Waals surface area contributed by atoms with Gasteiger partial charge in [-0.05, 0) is 67.4 Å². The lowest BCUT2D eigenvalue weighted by molar-refractivity contribution is -0.136. The molecule has 32 heavy (non-hydrogen) atoms. The summed E-state index contributed by atoms with van der Waals surface area (Å²) in [5.74, 6) is -0.217. The third-order valence-corrected chi connectivity index (χ3v) is 6.02. The zero-order chi connectivity index (χ0) is 22.9. The maximum absolute atomic E-state index is 13.5. The van der Waals surface area contributed by atoms with Crippen LogP contribution < -0.4 is 9.64 Å². The minimum absolute atomic E-state index is 0.291. The highest BCUT2D eigenvalue weighted by molar-refractivity contribution is 6.31. The number of halogens is 1. The van der Waals surface area contributed by atoms with E-state index in [0.29, 0.717) is 40.7 Å².